The fourth-order valence-corrected chi connectivity index (χ4v) is 3.89. The number of ether oxygens (including phenoxy) is 3. The van der Waals surface area contributed by atoms with Crippen molar-refractivity contribution in [1.82, 2.24) is 5.32 Å². The first-order valence-corrected chi connectivity index (χ1v) is 11.8. The van der Waals surface area contributed by atoms with Crippen molar-refractivity contribution >= 4 is 17.7 Å². The number of rotatable bonds is 10. The van der Waals surface area contributed by atoms with Crippen LogP contribution in [0.3, 0.4) is 0 Å². The largest absolute Gasteiger partial charge is 0.490 e. The van der Waals surface area contributed by atoms with E-state index in [1.54, 1.807) is 6.08 Å². The number of morpholine rings is 1. The van der Waals surface area contributed by atoms with Gasteiger partial charge in [-0.25, -0.2) is 0 Å². The van der Waals surface area contributed by atoms with Gasteiger partial charge in [-0.2, -0.15) is 0 Å². The molecule has 1 aliphatic heterocycles. The van der Waals surface area contributed by atoms with Gasteiger partial charge in [0.25, 0.3) is 0 Å². The average molecular weight is 453 g/mol. The van der Waals surface area contributed by atoms with Crippen LogP contribution < -0.4 is 19.7 Å². The predicted octanol–water partition coefficient (Wildman–Crippen LogP) is 4.85. The standard InChI is InChI=1S/C27H36N2O4/c1-5-32-24-13-10-22(19-25(24)33-6-2)27(20(3)4)28-26(30)14-9-21-7-11-23(12-8-21)29-15-17-31-18-16-29/h7-14,19-20,27H,5-6,15-18H2,1-4H3,(H,28,30). The Bertz CT molecular complexity index is 918. The SMILES string of the molecule is CCOc1ccc(C(NC(=O)C=Cc2ccc(N3CCOCC3)cc2)C(C)C)cc1OCC. The van der Waals surface area contributed by atoms with E-state index in [1.165, 1.54) is 5.69 Å². The summed E-state index contributed by atoms with van der Waals surface area (Å²) in [6, 6.07) is 14.0. The van der Waals surface area contributed by atoms with E-state index in [0.29, 0.717) is 19.0 Å². The van der Waals surface area contributed by atoms with Crippen LogP contribution in [0.1, 0.15) is 44.9 Å². The second-order valence-corrected chi connectivity index (χ2v) is 8.33. The first-order chi connectivity index (χ1) is 16.0. The van der Waals surface area contributed by atoms with Crippen molar-refractivity contribution < 1.29 is 19.0 Å². The molecule has 2 aromatic carbocycles. The highest BCUT2D eigenvalue weighted by atomic mass is 16.5. The molecule has 1 atom stereocenters. The number of anilines is 1. The quantitative estimate of drug-likeness (QED) is 0.523. The van der Waals surface area contributed by atoms with Gasteiger partial charge in [-0.1, -0.05) is 32.0 Å². The third kappa shape index (κ3) is 6.99. The van der Waals surface area contributed by atoms with E-state index in [-0.39, 0.29) is 17.9 Å². The molecule has 1 amide bonds. The Kier molecular flexibility index (Phi) is 9.19. The molecule has 0 spiro atoms. The highest BCUT2D eigenvalue weighted by molar-refractivity contribution is 5.92. The van der Waals surface area contributed by atoms with Crippen LogP contribution in [0.5, 0.6) is 11.5 Å². The van der Waals surface area contributed by atoms with Gasteiger partial charge in [0.05, 0.1) is 32.5 Å². The van der Waals surface area contributed by atoms with Gasteiger partial charge in [0.15, 0.2) is 11.5 Å². The first kappa shape index (κ1) is 24.6. The lowest BCUT2D eigenvalue weighted by Gasteiger charge is -2.28. The molecule has 1 unspecified atom stereocenters. The molecular formula is C27H36N2O4. The van der Waals surface area contributed by atoms with Crippen LogP contribution >= 0.6 is 0 Å². The molecule has 0 saturated carbocycles. The van der Waals surface area contributed by atoms with E-state index in [4.69, 9.17) is 14.2 Å². The zero-order valence-corrected chi connectivity index (χ0v) is 20.2. The summed E-state index contributed by atoms with van der Waals surface area (Å²) in [5.74, 6) is 1.50. The summed E-state index contributed by atoms with van der Waals surface area (Å²) >= 11 is 0. The van der Waals surface area contributed by atoms with Crippen LogP contribution in [0.4, 0.5) is 5.69 Å². The van der Waals surface area contributed by atoms with E-state index < -0.39 is 0 Å². The second kappa shape index (κ2) is 12.3. The van der Waals surface area contributed by atoms with E-state index in [9.17, 15) is 4.79 Å². The van der Waals surface area contributed by atoms with Crippen molar-refractivity contribution in [3.05, 3.63) is 59.7 Å². The monoisotopic (exact) mass is 452 g/mol. The molecule has 3 rings (SSSR count). The van der Waals surface area contributed by atoms with E-state index in [1.807, 2.05) is 50.3 Å². The molecule has 33 heavy (non-hydrogen) atoms. The van der Waals surface area contributed by atoms with Crippen LogP contribution in [-0.4, -0.2) is 45.4 Å². The zero-order valence-electron chi connectivity index (χ0n) is 20.2. The van der Waals surface area contributed by atoms with E-state index in [2.05, 4.69) is 36.2 Å². The summed E-state index contributed by atoms with van der Waals surface area (Å²) in [5, 5.41) is 3.14. The van der Waals surface area contributed by atoms with Crippen molar-refractivity contribution in [3.63, 3.8) is 0 Å². The molecule has 6 heteroatoms. The van der Waals surface area contributed by atoms with Gasteiger partial charge in [0.2, 0.25) is 5.91 Å². The maximum atomic E-state index is 12.7. The predicted molar refractivity (Wildman–Crippen MR) is 133 cm³/mol. The maximum absolute atomic E-state index is 12.7. The highest BCUT2D eigenvalue weighted by Gasteiger charge is 2.19. The number of amides is 1. The lowest BCUT2D eigenvalue weighted by atomic mass is 9.95. The molecule has 6 nitrogen and oxygen atoms in total. The van der Waals surface area contributed by atoms with Crippen LogP contribution in [0.25, 0.3) is 6.08 Å². The Morgan fingerprint density at radius 2 is 1.70 bits per heavy atom. The first-order valence-electron chi connectivity index (χ1n) is 11.8. The Morgan fingerprint density at radius 1 is 1.03 bits per heavy atom. The van der Waals surface area contributed by atoms with Crippen LogP contribution in [0.15, 0.2) is 48.5 Å². The molecule has 1 saturated heterocycles. The smallest absolute Gasteiger partial charge is 0.244 e. The maximum Gasteiger partial charge on any atom is 0.244 e. The molecule has 1 heterocycles. The summed E-state index contributed by atoms with van der Waals surface area (Å²) in [5.41, 5.74) is 3.16. The van der Waals surface area contributed by atoms with Gasteiger partial charge in [-0.05, 0) is 61.2 Å². The minimum Gasteiger partial charge on any atom is -0.490 e. The van der Waals surface area contributed by atoms with Gasteiger partial charge in [0, 0.05) is 24.9 Å². The lowest BCUT2D eigenvalue weighted by molar-refractivity contribution is -0.117. The van der Waals surface area contributed by atoms with Gasteiger partial charge in [0.1, 0.15) is 0 Å². The van der Waals surface area contributed by atoms with Gasteiger partial charge in [-0.3, -0.25) is 4.79 Å². The topological polar surface area (TPSA) is 60.0 Å². The molecule has 0 aliphatic carbocycles. The summed E-state index contributed by atoms with van der Waals surface area (Å²) in [6.45, 7) is 12.5. The number of nitrogens with one attached hydrogen (secondary N) is 1. The molecule has 1 aliphatic rings. The van der Waals surface area contributed by atoms with Gasteiger partial charge < -0.3 is 24.4 Å². The highest BCUT2D eigenvalue weighted by Crippen LogP contribution is 2.33. The number of carbonyl (C=O) groups is 1. The lowest BCUT2D eigenvalue weighted by Crippen LogP contribution is -2.36. The van der Waals surface area contributed by atoms with Crippen LogP contribution in [-0.2, 0) is 9.53 Å². The molecule has 178 valence electrons. The van der Waals surface area contributed by atoms with Crippen LogP contribution in [0.2, 0.25) is 0 Å². The van der Waals surface area contributed by atoms with E-state index >= 15 is 0 Å². The normalized spacial score (nSPS) is 15.0. The molecule has 0 bridgehead atoms. The fraction of sp³-hybridized carbons (Fsp3) is 0.444. The Labute approximate surface area is 197 Å². The van der Waals surface area contributed by atoms with Gasteiger partial charge in [-0.15, -0.1) is 0 Å². The Hall–Kier alpha value is -2.99. The molecule has 1 N–H and O–H groups in total. The number of carbonyl (C=O) groups excluding carboxylic acids is 1. The molecule has 1 fully saturated rings. The van der Waals surface area contributed by atoms with E-state index in [0.717, 1.165) is 43.2 Å². The van der Waals surface area contributed by atoms with Crippen molar-refractivity contribution in [2.24, 2.45) is 5.92 Å². The fourth-order valence-electron chi connectivity index (χ4n) is 3.89. The summed E-state index contributed by atoms with van der Waals surface area (Å²) in [6.07, 6.45) is 3.44. The van der Waals surface area contributed by atoms with Crippen molar-refractivity contribution in [2.45, 2.75) is 33.7 Å². The number of hydrogen-bond acceptors (Lipinski definition) is 5. The number of hydrogen-bond donors (Lipinski definition) is 1. The Morgan fingerprint density at radius 3 is 2.33 bits per heavy atom. The van der Waals surface area contributed by atoms with Crippen molar-refractivity contribution in [1.29, 1.82) is 0 Å². The summed E-state index contributed by atoms with van der Waals surface area (Å²) in [4.78, 5) is 15.0. The summed E-state index contributed by atoms with van der Waals surface area (Å²) in [7, 11) is 0. The minimum atomic E-state index is -0.138. The van der Waals surface area contributed by atoms with Crippen LogP contribution in [0, 0.1) is 5.92 Å². The molecule has 0 aromatic heterocycles. The number of benzene rings is 2. The average Bonchev–Trinajstić information content (AvgIpc) is 2.83. The van der Waals surface area contributed by atoms with Gasteiger partial charge >= 0.3 is 0 Å². The Balaban J connectivity index is 1.66. The van der Waals surface area contributed by atoms with Crippen molar-refractivity contribution in [3.8, 4) is 11.5 Å². The molecule has 0 radical (unpaired) electrons. The zero-order chi connectivity index (χ0) is 23.6. The third-order valence-electron chi connectivity index (χ3n) is 5.59. The molecular weight excluding hydrogens is 416 g/mol. The minimum absolute atomic E-state index is 0.127. The van der Waals surface area contributed by atoms with Crippen molar-refractivity contribution in [2.75, 3.05) is 44.4 Å². The number of nitrogens with zero attached hydrogens (tertiary/aromatic N) is 1. The molecule has 2 aromatic rings. The second-order valence-electron chi connectivity index (χ2n) is 8.33. The third-order valence-corrected chi connectivity index (χ3v) is 5.59. The summed E-state index contributed by atoms with van der Waals surface area (Å²) < 4.78 is 16.8.